The molecule has 0 spiro atoms. The molecule has 0 aromatic rings. The van der Waals surface area contributed by atoms with Gasteiger partial charge in [-0.05, 0) is 25.7 Å². The van der Waals surface area contributed by atoms with Crippen LogP contribution in [0.15, 0.2) is 0 Å². The molecule has 0 aromatic carbocycles. The molecule has 0 heterocycles. The van der Waals surface area contributed by atoms with Gasteiger partial charge in [-0.15, -0.1) is 0 Å². The fourth-order valence-corrected chi connectivity index (χ4v) is 1.90. The predicted molar refractivity (Wildman–Crippen MR) is 50.7 cm³/mol. The zero-order valence-electron chi connectivity index (χ0n) is 8.27. The maximum Gasteiger partial charge on any atom is 0.407 e. The Hall–Kier alpha value is -1.26. The molecular formula is C9H16N2O3. The molecule has 5 heteroatoms. The highest BCUT2D eigenvalue weighted by Gasteiger charge is 2.28. The van der Waals surface area contributed by atoms with Crippen molar-refractivity contribution in [3.63, 3.8) is 0 Å². The van der Waals surface area contributed by atoms with Crippen LogP contribution >= 0.6 is 0 Å². The van der Waals surface area contributed by atoms with Gasteiger partial charge < -0.3 is 15.7 Å². The van der Waals surface area contributed by atoms with Gasteiger partial charge in [0.25, 0.3) is 0 Å². The second-order valence-corrected chi connectivity index (χ2v) is 3.80. The fraction of sp³-hybridized carbons (Fsp3) is 0.778. The molecule has 0 unspecified atom stereocenters. The Morgan fingerprint density at radius 1 is 1.29 bits per heavy atom. The number of rotatable bonds is 2. The Morgan fingerprint density at radius 3 is 2.14 bits per heavy atom. The third-order valence-corrected chi connectivity index (χ3v) is 2.95. The number of carbonyl (C=O) groups excluding carboxylic acids is 1. The van der Waals surface area contributed by atoms with Crippen molar-refractivity contribution in [1.29, 1.82) is 0 Å². The molecular weight excluding hydrogens is 184 g/mol. The molecule has 1 aliphatic rings. The monoisotopic (exact) mass is 200 g/mol. The van der Waals surface area contributed by atoms with Crippen LogP contribution in [0.25, 0.3) is 0 Å². The van der Waals surface area contributed by atoms with Crippen LogP contribution in [0.3, 0.4) is 0 Å². The van der Waals surface area contributed by atoms with E-state index in [0.29, 0.717) is 12.8 Å². The van der Waals surface area contributed by atoms with Gasteiger partial charge in [0.15, 0.2) is 0 Å². The molecule has 0 aliphatic heterocycles. The molecule has 0 radical (unpaired) electrons. The molecule has 1 rings (SSSR count). The van der Waals surface area contributed by atoms with Gasteiger partial charge in [-0.3, -0.25) is 4.79 Å². The van der Waals surface area contributed by atoms with Crippen molar-refractivity contribution in [1.82, 2.24) is 4.90 Å². The van der Waals surface area contributed by atoms with Gasteiger partial charge in [-0.25, -0.2) is 4.79 Å². The van der Waals surface area contributed by atoms with E-state index in [1.165, 1.54) is 4.90 Å². The first-order chi connectivity index (χ1) is 6.52. The molecule has 0 aromatic heterocycles. The zero-order valence-corrected chi connectivity index (χ0v) is 8.27. The molecule has 80 valence electrons. The van der Waals surface area contributed by atoms with Crippen molar-refractivity contribution in [2.45, 2.75) is 31.7 Å². The number of nitrogens with zero attached hydrogens (tertiary/aromatic N) is 1. The van der Waals surface area contributed by atoms with Crippen molar-refractivity contribution in [3.05, 3.63) is 0 Å². The van der Waals surface area contributed by atoms with Gasteiger partial charge in [0.05, 0.1) is 0 Å². The van der Waals surface area contributed by atoms with Crippen LogP contribution in [0.1, 0.15) is 25.7 Å². The Morgan fingerprint density at radius 2 is 1.79 bits per heavy atom. The number of carbonyl (C=O) groups is 2. The standard InChI is InChI=1S/C9H16N2O3/c1-11(9(13)14)7-4-2-6(3-5-7)8(10)12/h6-7H,2-5H2,1H3,(H2,10,12)(H,13,14)/t6-,7-. The smallest absolute Gasteiger partial charge is 0.407 e. The van der Waals surface area contributed by atoms with Gasteiger partial charge in [-0.2, -0.15) is 0 Å². The molecule has 0 bridgehead atoms. The summed E-state index contributed by atoms with van der Waals surface area (Å²) in [6.07, 6.45) is 1.97. The number of hydrogen-bond acceptors (Lipinski definition) is 2. The Balaban J connectivity index is 2.43. The van der Waals surface area contributed by atoms with Gasteiger partial charge >= 0.3 is 6.09 Å². The summed E-state index contributed by atoms with van der Waals surface area (Å²) in [5, 5.41) is 8.74. The average molecular weight is 200 g/mol. The van der Waals surface area contributed by atoms with E-state index in [9.17, 15) is 9.59 Å². The lowest BCUT2D eigenvalue weighted by Gasteiger charge is -2.31. The highest BCUT2D eigenvalue weighted by molar-refractivity contribution is 5.76. The Bertz CT molecular complexity index is 234. The molecule has 1 saturated carbocycles. The van der Waals surface area contributed by atoms with E-state index in [2.05, 4.69) is 0 Å². The summed E-state index contributed by atoms with van der Waals surface area (Å²) in [6.45, 7) is 0. The number of hydrogen-bond donors (Lipinski definition) is 2. The van der Waals surface area contributed by atoms with Gasteiger partial charge in [-0.1, -0.05) is 0 Å². The van der Waals surface area contributed by atoms with Crippen LogP contribution in [-0.4, -0.2) is 35.1 Å². The predicted octanol–water partition coefficient (Wildman–Crippen LogP) is 0.640. The van der Waals surface area contributed by atoms with Crippen LogP contribution in [0.5, 0.6) is 0 Å². The highest BCUT2D eigenvalue weighted by Crippen LogP contribution is 2.26. The summed E-state index contributed by atoms with van der Waals surface area (Å²) >= 11 is 0. The first-order valence-electron chi connectivity index (χ1n) is 4.77. The number of amides is 2. The van der Waals surface area contributed by atoms with E-state index >= 15 is 0 Å². The summed E-state index contributed by atoms with van der Waals surface area (Å²) in [5.41, 5.74) is 5.18. The summed E-state index contributed by atoms with van der Waals surface area (Å²) in [6, 6.07) is 0.0445. The van der Waals surface area contributed by atoms with E-state index < -0.39 is 6.09 Å². The van der Waals surface area contributed by atoms with Crippen LogP contribution in [-0.2, 0) is 4.79 Å². The minimum Gasteiger partial charge on any atom is -0.465 e. The van der Waals surface area contributed by atoms with E-state index in [4.69, 9.17) is 10.8 Å². The van der Waals surface area contributed by atoms with Crippen LogP contribution in [0.4, 0.5) is 4.79 Å². The van der Waals surface area contributed by atoms with Crippen molar-refractivity contribution >= 4 is 12.0 Å². The van der Waals surface area contributed by atoms with Gasteiger partial charge in [0.2, 0.25) is 5.91 Å². The minimum absolute atomic E-state index is 0.0445. The minimum atomic E-state index is -0.910. The zero-order chi connectivity index (χ0) is 10.7. The molecule has 1 fully saturated rings. The number of primary amides is 1. The molecule has 1 aliphatic carbocycles. The normalized spacial score (nSPS) is 26.9. The summed E-state index contributed by atoms with van der Waals surface area (Å²) < 4.78 is 0. The second-order valence-electron chi connectivity index (χ2n) is 3.80. The molecule has 0 saturated heterocycles. The number of nitrogens with two attached hydrogens (primary N) is 1. The second kappa shape index (κ2) is 4.30. The van der Waals surface area contributed by atoms with Crippen LogP contribution in [0, 0.1) is 5.92 Å². The third kappa shape index (κ3) is 2.37. The SMILES string of the molecule is CN(C(=O)O)[C@H]1CC[C@H](C(N)=O)CC1. The van der Waals surface area contributed by atoms with Crippen molar-refractivity contribution in [2.75, 3.05) is 7.05 Å². The molecule has 14 heavy (non-hydrogen) atoms. The van der Waals surface area contributed by atoms with Crippen molar-refractivity contribution in [2.24, 2.45) is 11.7 Å². The van der Waals surface area contributed by atoms with Crippen LogP contribution < -0.4 is 5.73 Å². The van der Waals surface area contributed by atoms with E-state index in [-0.39, 0.29) is 17.9 Å². The maximum absolute atomic E-state index is 10.9. The lowest BCUT2D eigenvalue weighted by atomic mass is 9.85. The summed E-state index contributed by atoms with van der Waals surface area (Å²) in [7, 11) is 1.57. The first kappa shape index (κ1) is 10.8. The average Bonchev–Trinajstić information content (AvgIpc) is 2.16. The van der Waals surface area contributed by atoms with Crippen molar-refractivity contribution in [3.8, 4) is 0 Å². The fourth-order valence-electron chi connectivity index (χ4n) is 1.90. The first-order valence-corrected chi connectivity index (χ1v) is 4.77. The van der Waals surface area contributed by atoms with Gasteiger partial charge in [0.1, 0.15) is 0 Å². The van der Waals surface area contributed by atoms with Crippen LogP contribution in [0.2, 0.25) is 0 Å². The van der Waals surface area contributed by atoms with E-state index in [1.54, 1.807) is 7.05 Å². The Labute approximate surface area is 82.9 Å². The summed E-state index contributed by atoms with van der Waals surface area (Å²) in [5.74, 6) is -0.324. The molecule has 5 nitrogen and oxygen atoms in total. The summed E-state index contributed by atoms with van der Waals surface area (Å²) in [4.78, 5) is 22.8. The highest BCUT2D eigenvalue weighted by atomic mass is 16.4. The van der Waals surface area contributed by atoms with Gasteiger partial charge in [0, 0.05) is 19.0 Å². The lowest BCUT2D eigenvalue weighted by Crippen LogP contribution is -2.40. The third-order valence-electron chi connectivity index (χ3n) is 2.95. The Kier molecular flexibility index (Phi) is 3.33. The van der Waals surface area contributed by atoms with Crippen molar-refractivity contribution < 1.29 is 14.7 Å². The van der Waals surface area contributed by atoms with E-state index in [0.717, 1.165) is 12.8 Å². The maximum atomic E-state index is 10.9. The molecule has 0 atom stereocenters. The molecule has 2 amide bonds. The van der Waals surface area contributed by atoms with E-state index in [1.807, 2.05) is 0 Å². The largest absolute Gasteiger partial charge is 0.465 e. The molecule has 3 N–H and O–H groups in total. The topological polar surface area (TPSA) is 83.6 Å². The lowest BCUT2D eigenvalue weighted by molar-refractivity contribution is -0.122. The quantitative estimate of drug-likeness (QED) is 0.686. The number of carboxylic acid groups (broad SMARTS) is 1.